The Morgan fingerprint density at radius 3 is 2.60 bits per heavy atom. The summed E-state index contributed by atoms with van der Waals surface area (Å²) >= 11 is 3.26. The van der Waals surface area contributed by atoms with E-state index in [1.54, 1.807) is 6.07 Å². The molecule has 0 unspecified atom stereocenters. The third-order valence-electron chi connectivity index (χ3n) is 2.55. The Balaban J connectivity index is 2.56. The average molecular weight is 274 g/mol. The molecule has 0 aliphatic rings. The van der Waals surface area contributed by atoms with Gasteiger partial charge in [-0.2, -0.15) is 0 Å². The van der Waals surface area contributed by atoms with E-state index in [1.165, 1.54) is 6.33 Å². The number of anilines is 1. The van der Waals surface area contributed by atoms with Crippen LogP contribution in [0.4, 0.5) is 5.82 Å². The van der Waals surface area contributed by atoms with E-state index >= 15 is 0 Å². The molecule has 84 valence electrons. The first-order valence-electron chi connectivity index (χ1n) is 5.03. The molecule has 0 fully saturated rings. The van der Waals surface area contributed by atoms with E-state index in [0.717, 1.165) is 23.3 Å². The summed E-state index contributed by atoms with van der Waals surface area (Å²) in [5, 5.41) is 13.1. The van der Waals surface area contributed by atoms with Gasteiger partial charge in [0.2, 0.25) is 0 Å². The lowest BCUT2D eigenvalue weighted by Gasteiger charge is -2.25. The second-order valence-electron chi connectivity index (χ2n) is 3.51. The van der Waals surface area contributed by atoms with Gasteiger partial charge in [-0.25, -0.2) is 9.97 Å². The molecule has 1 rings (SSSR count). The number of halogens is 1. The lowest BCUT2D eigenvalue weighted by atomic mass is 9.98. The third kappa shape index (κ3) is 3.76. The second-order valence-corrected chi connectivity index (χ2v) is 4.32. The molecule has 1 heterocycles. The van der Waals surface area contributed by atoms with E-state index in [4.69, 9.17) is 0 Å². The average Bonchev–Trinajstić information content (AvgIpc) is 2.26. The van der Waals surface area contributed by atoms with E-state index in [9.17, 15) is 5.11 Å². The van der Waals surface area contributed by atoms with Gasteiger partial charge in [0.1, 0.15) is 16.7 Å². The summed E-state index contributed by atoms with van der Waals surface area (Å²) in [7, 11) is 0. The van der Waals surface area contributed by atoms with Crippen molar-refractivity contribution in [1.82, 2.24) is 9.97 Å². The molecule has 0 atom stereocenters. The van der Waals surface area contributed by atoms with Crippen molar-refractivity contribution in [3.8, 4) is 0 Å². The Bertz CT molecular complexity index is 315. The summed E-state index contributed by atoms with van der Waals surface area (Å²) < 4.78 is 0.733. The van der Waals surface area contributed by atoms with Crippen molar-refractivity contribution in [3.05, 3.63) is 17.0 Å². The SMILES string of the molecule is CCC(O)(CC)CNc1cc(Br)ncn1. The predicted molar refractivity (Wildman–Crippen MR) is 63.8 cm³/mol. The highest BCUT2D eigenvalue weighted by atomic mass is 79.9. The van der Waals surface area contributed by atoms with Crippen molar-refractivity contribution in [2.24, 2.45) is 0 Å². The Labute approximate surface area is 98.3 Å². The molecule has 0 aliphatic carbocycles. The van der Waals surface area contributed by atoms with Crippen LogP contribution in [0.25, 0.3) is 0 Å². The lowest BCUT2D eigenvalue weighted by Crippen LogP contribution is -2.35. The number of rotatable bonds is 5. The van der Waals surface area contributed by atoms with Gasteiger partial charge in [0.05, 0.1) is 5.60 Å². The van der Waals surface area contributed by atoms with E-state index in [2.05, 4.69) is 31.2 Å². The molecule has 0 saturated carbocycles. The van der Waals surface area contributed by atoms with Crippen LogP contribution >= 0.6 is 15.9 Å². The number of aliphatic hydroxyl groups is 1. The van der Waals surface area contributed by atoms with Crippen LogP contribution in [0.2, 0.25) is 0 Å². The standard InChI is InChI=1S/C10H16BrN3O/c1-3-10(15,4-2)6-12-9-5-8(11)13-7-14-9/h5,7,15H,3-4,6H2,1-2H3,(H,12,13,14). The van der Waals surface area contributed by atoms with Gasteiger partial charge in [-0.15, -0.1) is 0 Å². The maximum absolute atomic E-state index is 10.0. The van der Waals surface area contributed by atoms with Crippen molar-refractivity contribution in [3.63, 3.8) is 0 Å². The summed E-state index contributed by atoms with van der Waals surface area (Å²) in [6.45, 7) is 4.45. The van der Waals surface area contributed by atoms with Crippen LogP contribution in [0.3, 0.4) is 0 Å². The molecule has 0 saturated heterocycles. The highest BCUT2D eigenvalue weighted by Gasteiger charge is 2.21. The normalized spacial score (nSPS) is 11.5. The van der Waals surface area contributed by atoms with Gasteiger partial charge >= 0.3 is 0 Å². The minimum Gasteiger partial charge on any atom is -0.388 e. The lowest BCUT2D eigenvalue weighted by molar-refractivity contribution is 0.0456. The first kappa shape index (κ1) is 12.4. The summed E-state index contributed by atoms with van der Waals surface area (Å²) in [4.78, 5) is 7.98. The Morgan fingerprint density at radius 2 is 2.07 bits per heavy atom. The molecule has 0 aliphatic heterocycles. The van der Waals surface area contributed by atoms with Gasteiger partial charge < -0.3 is 10.4 Å². The number of nitrogens with one attached hydrogen (secondary N) is 1. The zero-order valence-corrected chi connectivity index (χ0v) is 10.6. The number of hydrogen-bond acceptors (Lipinski definition) is 4. The van der Waals surface area contributed by atoms with Crippen LogP contribution in [0.5, 0.6) is 0 Å². The molecule has 0 aromatic carbocycles. The van der Waals surface area contributed by atoms with Gasteiger partial charge in [-0.05, 0) is 28.8 Å². The van der Waals surface area contributed by atoms with Crippen molar-refractivity contribution in [2.75, 3.05) is 11.9 Å². The smallest absolute Gasteiger partial charge is 0.130 e. The van der Waals surface area contributed by atoms with Gasteiger partial charge in [-0.3, -0.25) is 0 Å². The van der Waals surface area contributed by atoms with Crippen molar-refractivity contribution < 1.29 is 5.11 Å². The van der Waals surface area contributed by atoms with E-state index in [1.807, 2.05) is 13.8 Å². The van der Waals surface area contributed by atoms with E-state index in [0.29, 0.717) is 6.54 Å². The first-order chi connectivity index (χ1) is 7.09. The minimum atomic E-state index is -0.655. The summed E-state index contributed by atoms with van der Waals surface area (Å²) in [5.41, 5.74) is -0.655. The fourth-order valence-electron chi connectivity index (χ4n) is 1.19. The summed E-state index contributed by atoms with van der Waals surface area (Å²) in [6.07, 6.45) is 2.93. The Morgan fingerprint density at radius 1 is 1.40 bits per heavy atom. The molecular formula is C10H16BrN3O. The number of hydrogen-bond donors (Lipinski definition) is 2. The van der Waals surface area contributed by atoms with Gasteiger partial charge in [-0.1, -0.05) is 13.8 Å². The van der Waals surface area contributed by atoms with Gasteiger partial charge in [0.25, 0.3) is 0 Å². The molecule has 2 N–H and O–H groups in total. The molecule has 5 heteroatoms. The topological polar surface area (TPSA) is 58.0 Å². The molecular weight excluding hydrogens is 258 g/mol. The number of aromatic nitrogens is 2. The fourth-order valence-corrected chi connectivity index (χ4v) is 1.49. The quantitative estimate of drug-likeness (QED) is 0.808. The van der Waals surface area contributed by atoms with Gasteiger partial charge in [0.15, 0.2) is 0 Å². The van der Waals surface area contributed by atoms with Gasteiger partial charge in [0, 0.05) is 12.6 Å². The molecule has 4 nitrogen and oxygen atoms in total. The van der Waals surface area contributed by atoms with E-state index in [-0.39, 0.29) is 0 Å². The van der Waals surface area contributed by atoms with Crippen molar-refractivity contribution in [2.45, 2.75) is 32.3 Å². The van der Waals surface area contributed by atoms with Crippen molar-refractivity contribution >= 4 is 21.7 Å². The van der Waals surface area contributed by atoms with Crippen LogP contribution in [-0.4, -0.2) is 27.2 Å². The zero-order chi connectivity index (χ0) is 11.3. The highest BCUT2D eigenvalue weighted by Crippen LogP contribution is 2.16. The number of nitrogens with zero attached hydrogens (tertiary/aromatic N) is 2. The maximum atomic E-state index is 10.0. The van der Waals surface area contributed by atoms with Crippen LogP contribution in [0.15, 0.2) is 17.0 Å². The Hall–Kier alpha value is -0.680. The van der Waals surface area contributed by atoms with E-state index < -0.39 is 5.60 Å². The maximum Gasteiger partial charge on any atom is 0.130 e. The molecule has 0 amide bonds. The molecule has 1 aromatic heterocycles. The predicted octanol–water partition coefficient (Wildman–Crippen LogP) is 2.20. The first-order valence-corrected chi connectivity index (χ1v) is 5.82. The second kappa shape index (κ2) is 5.42. The monoisotopic (exact) mass is 273 g/mol. The van der Waals surface area contributed by atoms with Crippen molar-refractivity contribution in [1.29, 1.82) is 0 Å². The van der Waals surface area contributed by atoms with Crippen LogP contribution < -0.4 is 5.32 Å². The molecule has 0 radical (unpaired) electrons. The minimum absolute atomic E-state index is 0.503. The zero-order valence-electron chi connectivity index (χ0n) is 9.00. The molecule has 0 spiro atoms. The molecule has 1 aromatic rings. The summed E-state index contributed by atoms with van der Waals surface area (Å²) in [6, 6.07) is 1.78. The van der Waals surface area contributed by atoms with Crippen LogP contribution in [0, 0.1) is 0 Å². The Kier molecular flexibility index (Phi) is 4.47. The fraction of sp³-hybridized carbons (Fsp3) is 0.600. The largest absolute Gasteiger partial charge is 0.388 e. The third-order valence-corrected chi connectivity index (χ3v) is 2.98. The van der Waals surface area contributed by atoms with Crippen LogP contribution in [0.1, 0.15) is 26.7 Å². The van der Waals surface area contributed by atoms with Crippen LogP contribution in [-0.2, 0) is 0 Å². The molecule has 15 heavy (non-hydrogen) atoms. The highest BCUT2D eigenvalue weighted by molar-refractivity contribution is 9.10. The molecule has 0 bridgehead atoms. The summed E-state index contributed by atoms with van der Waals surface area (Å²) in [5.74, 6) is 0.720.